The van der Waals surface area contributed by atoms with Crippen LogP contribution >= 0.6 is 0 Å². The van der Waals surface area contributed by atoms with Crippen LogP contribution in [-0.2, 0) is 20.9 Å². The highest BCUT2D eigenvalue weighted by atomic mass is 16.5. The van der Waals surface area contributed by atoms with Crippen LogP contribution < -0.4 is 15.2 Å². The number of carbonyl (C=O) groups is 2. The van der Waals surface area contributed by atoms with Crippen molar-refractivity contribution in [3.63, 3.8) is 0 Å². The van der Waals surface area contributed by atoms with Gasteiger partial charge in [0.15, 0.2) is 24.1 Å². The molecule has 0 fully saturated rings. The molecular formula is C14H17N5O5. The highest BCUT2D eigenvalue weighted by molar-refractivity contribution is 5.81. The van der Waals surface area contributed by atoms with Gasteiger partial charge in [-0.05, 0) is 30.3 Å². The second-order valence-corrected chi connectivity index (χ2v) is 4.75. The van der Waals surface area contributed by atoms with Crippen molar-refractivity contribution in [2.24, 2.45) is 5.73 Å². The van der Waals surface area contributed by atoms with Crippen molar-refractivity contribution >= 4 is 11.9 Å². The maximum absolute atomic E-state index is 11.7. The van der Waals surface area contributed by atoms with E-state index < -0.39 is 18.0 Å². The van der Waals surface area contributed by atoms with Gasteiger partial charge in [0.25, 0.3) is 5.91 Å². The fourth-order valence-corrected chi connectivity index (χ4v) is 1.81. The summed E-state index contributed by atoms with van der Waals surface area (Å²) in [6, 6.07) is 5.13. The van der Waals surface area contributed by atoms with E-state index in [-0.39, 0.29) is 6.54 Å². The van der Waals surface area contributed by atoms with Gasteiger partial charge in [-0.3, -0.25) is 4.79 Å². The average Bonchev–Trinajstić information content (AvgIpc) is 3.02. The Kier molecular flexibility index (Phi) is 5.30. The summed E-state index contributed by atoms with van der Waals surface area (Å²) in [6.45, 7) is 1.09. The Balaban J connectivity index is 2.10. The zero-order chi connectivity index (χ0) is 17.7. The number of primary amides is 1. The third kappa shape index (κ3) is 3.97. The topological polar surface area (TPSA) is 131 Å². The van der Waals surface area contributed by atoms with Crippen molar-refractivity contribution in [3.8, 4) is 22.9 Å². The summed E-state index contributed by atoms with van der Waals surface area (Å²) < 4.78 is 15.2. The quantitative estimate of drug-likeness (QED) is 0.687. The lowest BCUT2D eigenvalue weighted by Crippen LogP contribution is -2.31. The van der Waals surface area contributed by atoms with Gasteiger partial charge in [-0.15, -0.1) is 10.2 Å². The molecule has 0 saturated heterocycles. The lowest BCUT2D eigenvalue weighted by atomic mass is 10.2. The van der Waals surface area contributed by atoms with Gasteiger partial charge < -0.3 is 19.9 Å². The van der Waals surface area contributed by atoms with Gasteiger partial charge >= 0.3 is 5.97 Å². The van der Waals surface area contributed by atoms with E-state index in [2.05, 4.69) is 15.4 Å². The van der Waals surface area contributed by atoms with Crippen molar-refractivity contribution in [1.29, 1.82) is 0 Å². The molecule has 0 unspecified atom stereocenters. The maximum atomic E-state index is 11.7. The Labute approximate surface area is 137 Å². The second-order valence-electron chi connectivity index (χ2n) is 4.75. The molecule has 1 heterocycles. The summed E-state index contributed by atoms with van der Waals surface area (Å²) in [7, 11) is 3.05. The first-order valence-electron chi connectivity index (χ1n) is 6.93. The van der Waals surface area contributed by atoms with Gasteiger partial charge in [0, 0.05) is 5.56 Å². The van der Waals surface area contributed by atoms with Crippen LogP contribution in [0.15, 0.2) is 18.2 Å². The Hall–Kier alpha value is -3.17. The average molecular weight is 335 g/mol. The van der Waals surface area contributed by atoms with Crippen LogP contribution in [0.2, 0.25) is 0 Å². The molecule has 1 aromatic carbocycles. The minimum atomic E-state index is -1.02. The summed E-state index contributed by atoms with van der Waals surface area (Å²) in [5.74, 6) is -0.0520. The van der Waals surface area contributed by atoms with Gasteiger partial charge in [-0.2, -0.15) is 4.80 Å². The van der Waals surface area contributed by atoms with E-state index in [0.717, 1.165) is 4.80 Å². The molecule has 2 rings (SSSR count). The number of hydrogen-bond acceptors (Lipinski definition) is 8. The molecule has 24 heavy (non-hydrogen) atoms. The molecule has 0 aliphatic heterocycles. The van der Waals surface area contributed by atoms with E-state index in [4.69, 9.17) is 19.9 Å². The molecule has 10 heteroatoms. The molecule has 0 spiro atoms. The molecule has 10 nitrogen and oxygen atoms in total. The van der Waals surface area contributed by atoms with Crippen molar-refractivity contribution < 1.29 is 23.8 Å². The number of ether oxygens (including phenoxy) is 3. The maximum Gasteiger partial charge on any atom is 0.330 e. The van der Waals surface area contributed by atoms with Gasteiger partial charge in [-0.25, -0.2) is 4.79 Å². The van der Waals surface area contributed by atoms with Crippen LogP contribution in [0.4, 0.5) is 0 Å². The van der Waals surface area contributed by atoms with E-state index in [0.29, 0.717) is 22.9 Å². The predicted molar refractivity (Wildman–Crippen MR) is 81.1 cm³/mol. The second kappa shape index (κ2) is 7.40. The Morgan fingerprint density at radius 2 is 1.96 bits per heavy atom. The van der Waals surface area contributed by atoms with Crippen LogP contribution in [0.3, 0.4) is 0 Å². The van der Waals surface area contributed by atoms with E-state index in [9.17, 15) is 9.59 Å². The number of esters is 1. The number of tetrazole rings is 1. The first-order valence-corrected chi connectivity index (χ1v) is 6.93. The molecule has 0 saturated carbocycles. The molecule has 1 amide bonds. The standard InChI is InChI=1S/C14H17N5O5/c1-8(13(15)21)24-12(20)7-19-17-14(16-18-19)9-4-5-10(22-2)11(6-9)23-3/h4-6,8H,7H2,1-3H3,(H2,15,21)/t8-/m0/s1. The summed E-state index contributed by atoms with van der Waals surface area (Å²) in [5, 5.41) is 11.7. The fourth-order valence-electron chi connectivity index (χ4n) is 1.81. The van der Waals surface area contributed by atoms with E-state index >= 15 is 0 Å². The largest absolute Gasteiger partial charge is 0.493 e. The molecule has 1 aromatic heterocycles. The molecule has 0 radical (unpaired) electrons. The van der Waals surface area contributed by atoms with Crippen molar-refractivity contribution in [2.75, 3.05) is 14.2 Å². The number of methoxy groups -OCH3 is 2. The third-order valence-electron chi connectivity index (χ3n) is 3.07. The summed E-state index contributed by atoms with van der Waals surface area (Å²) in [6.07, 6.45) is -1.02. The normalized spacial score (nSPS) is 11.6. The van der Waals surface area contributed by atoms with Crippen LogP contribution in [0.1, 0.15) is 6.92 Å². The van der Waals surface area contributed by atoms with E-state index in [1.165, 1.54) is 21.1 Å². The number of carbonyl (C=O) groups excluding carboxylic acids is 2. The highest BCUT2D eigenvalue weighted by Crippen LogP contribution is 2.30. The molecular weight excluding hydrogens is 318 g/mol. The molecule has 128 valence electrons. The Morgan fingerprint density at radius 1 is 1.25 bits per heavy atom. The number of nitrogens with two attached hydrogens (primary N) is 1. The number of nitrogens with zero attached hydrogens (tertiary/aromatic N) is 4. The van der Waals surface area contributed by atoms with Crippen molar-refractivity contribution in [1.82, 2.24) is 20.2 Å². The highest BCUT2D eigenvalue weighted by Gasteiger charge is 2.17. The van der Waals surface area contributed by atoms with Crippen LogP contribution in [-0.4, -0.2) is 52.4 Å². The van der Waals surface area contributed by atoms with Gasteiger partial charge in [0.05, 0.1) is 14.2 Å². The zero-order valence-corrected chi connectivity index (χ0v) is 13.4. The van der Waals surface area contributed by atoms with E-state index in [1.54, 1.807) is 18.2 Å². The number of hydrogen-bond donors (Lipinski definition) is 1. The number of benzene rings is 1. The number of amides is 1. The lowest BCUT2D eigenvalue weighted by Gasteiger charge is -2.08. The Morgan fingerprint density at radius 3 is 2.58 bits per heavy atom. The van der Waals surface area contributed by atoms with Crippen LogP contribution in [0.25, 0.3) is 11.4 Å². The van der Waals surface area contributed by atoms with Crippen molar-refractivity contribution in [3.05, 3.63) is 18.2 Å². The summed E-state index contributed by atoms with van der Waals surface area (Å²) in [5.41, 5.74) is 5.66. The fraction of sp³-hybridized carbons (Fsp3) is 0.357. The SMILES string of the molecule is COc1ccc(-c2nnn(CC(=O)O[C@@H](C)C(N)=O)n2)cc1OC. The first kappa shape index (κ1) is 17.2. The predicted octanol–water partition coefficient (Wildman–Crippen LogP) is -0.226. The molecule has 2 aromatic rings. The molecule has 0 aliphatic rings. The number of rotatable bonds is 7. The van der Waals surface area contributed by atoms with Crippen LogP contribution in [0, 0.1) is 0 Å². The molecule has 2 N–H and O–H groups in total. The van der Waals surface area contributed by atoms with Gasteiger partial charge in [0.1, 0.15) is 0 Å². The minimum Gasteiger partial charge on any atom is -0.493 e. The minimum absolute atomic E-state index is 0.294. The van der Waals surface area contributed by atoms with E-state index in [1.807, 2.05) is 0 Å². The zero-order valence-electron chi connectivity index (χ0n) is 13.4. The smallest absolute Gasteiger partial charge is 0.330 e. The Bertz CT molecular complexity index is 745. The van der Waals surface area contributed by atoms with Crippen molar-refractivity contribution in [2.45, 2.75) is 19.6 Å². The monoisotopic (exact) mass is 335 g/mol. The molecule has 0 aliphatic carbocycles. The summed E-state index contributed by atoms with van der Waals surface area (Å²) in [4.78, 5) is 23.6. The summed E-state index contributed by atoms with van der Waals surface area (Å²) >= 11 is 0. The molecule has 1 atom stereocenters. The van der Waals surface area contributed by atoms with Gasteiger partial charge in [0.2, 0.25) is 5.82 Å². The molecule has 0 bridgehead atoms. The third-order valence-corrected chi connectivity index (χ3v) is 3.07. The first-order chi connectivity index (χ1) is 11.4. The van der Waals surface area contributed by atoms with Gasteiger partial charge in [-0.1, -0.05) is 0 Å². The number of aromatic nitrogens is 4. The van der Waals surface area contributed by atoms with Crippen LogP contribution in [0.5, 0.6) is 11.5 Å². The lowest BCUT2D eigenvalue weighted by molar-refractivity contribution is -0.154.